The van der Waals surface area contributed by atoms with Crippen molar-refractivity contribution in [3.05, 3.63) is 222 Å². The molecule has 0 aliphatic rings. The summed E-state index contributed by atoms with van der Waals surface area (Å²) in [5, 5.41) is 7.78. The summed E-state index contributed by atoms with van der Waals surface area (Å²) < 4.78 is 13.1. The van der Waals surface area contributed by atoms with E-state index in [1.54, 1.807) is 0 Å². The molecule has 76 heavy (non-hydrogen) atoms. The Hall–Kier alpha value is -7.73. The van der Waals surface area contributed by atoms with E-state index >= 15 is 0 Å². The Morgan fingerprint density at radius 2 is 1.12 bits per heavy atom. The quantitative estimate of drug-likeness (QED) is 0.107. The molecule has 4 heterocycles. The minimum atomic E-state index is -0.157. The molecule has 8 heteroatoms. The zero-order valence-electron chi connectivity index (χ0n) is 45.2. The summed E-state index contributed by atoms with van der Waals surface area (Å²) in [6, 6.07) is 66.9. The Balaban J connectivity index is 0.00000657. The first kappa shape index (κ1) is 51.7. The maximum absolute atomic E-state index is 7.03. The van der Waals surface area contributed by atoms with E-state index in [9.17, 15) is 0 Å². The Kier molecular flexibility index (Phi) is 13.7. The molecule has 7 nitrogen and oxygen atoms in total. The fraction of sp³-hybridized carbons (Fsp3) is 0.206. The largest absolute Gasteiger partial charge is 0.522 e. The van der Waals surface area contributed by atoms with E-state index in [0.29, 0.717) is 23.1 Å². The van der Waals surface area contributed by atoms with Crippen LogP contribution in [0.25, 0.3) is 84.0 Å². The van der Waals surface area contributed by atoms with Crippen molar-refractivity contribution < 1.29 is 30.5 Å². The zero-order valence-corrected chi connectivity index (χ0v) is 47.4. The topological polar surface area (TPSA) is 61.6 Å². The molecular weight excluding hydrogens is 1110 g/mol. The molecule has 0 radical (unpaired) electrons. The van der Waals surface area contributed by atoms with Gasteiger partial charge in [-0.25, -0.2) is 4.98 Å². The summed E-state index contributed by atoms with van der Waals surface area (Å²) in [5.41, 5.74) is 15.1. The molecular formula is C68H62N6OPt-2. The second-order valence-electron chi connectivity index (χ2n) is 22.8. The maximum atomic E-state index is 7.03. The number of aryl methyl sites for hydroxylation is 2. The van der Waals surface area contributed by atoms with Crippen LogP contribution in [0.5, 0.6) is 11.5 Å². The molecule has 0 saturated heterocycles. The van der Waals surface area contributed by atoms with Gasteiger partial charge in [-0.05, 0) is 121 Å². The monoisotopic (exact) mass is 1170 g/mol. The average Bonchev–Trinajstić information content (AvgIpc) is 3.99. The van der Waals surface area contributed by atoms with Crippen LogP contribution < -0.4 is 9.42 Å². The number of pyridine rings is 2. The standard InChI is InChI=1S/C68H62N6O.Pt/c1-44-22-20-23-45(2)63(44)58-40-53(75-52-32-33-57-56-28-18-19-31-59(56)74(60(57)41-52)61-39-49(34-35-69-61)66(3,4)5)42-62(70-58)72-43-73(71-65(72)48-36-50(67(6,7)8)38-51(37-48)68(9,10)11)64-54(46-24-14-12-15-25-46)29-21-30-55(64)47-26-16-13-17-27-47;/h12-40H,1-11H3;/q-2;. The van der Waals surface area contributed by atoms with Crippen molar-refractivity contribution in [2.24, 2.45) is 0 Å². The van der Waals surface area contributed by atoms with Crippen LogP contribution in [0.15, 0.2) is 176 Å². The fourth-order valence-electron chi connectivity index (χ4n) is 10.1. The predicted molar refractivity (Wildman–Crippen MR) is 305 cm³/mol. The van der Waals surface area contributed by atoms with Crippen molar-refractivity contribution in [2.45, 2.75) is 92.4 Å². The van der Waals surface area contributed by atoms with Gasteiger partial charge in [0.05, 0.1) is 11.5 Å². The molecule has 0 fully saturated rings. The molecule has 0 aliphatic heterocycles. The maximum Gasteiger partial charge on any atom is 0.273 e. The van der Waals surface area contributed by atoms with Gasteiger partial charge in [-0.1, -0.05) is 201 Å². The van der Waals surface area contributed by atoms with Crippen LogP contribution in [0.1, 0.15) is 90.1 Å². The number of fused-ring (bicyclic) bond motifs is 3. The summed E-state index contributed by atoms with van der Waals surface area (Å²) >= 11 is 0. The van der Waals surface area contributed by atoms with Gasteiger partial charge in [0.15, 0.2) is 5.82 Å². The summed E-state index contributed by atoms with van der Waals surface area (Å²) in [6.45, 7) is 24.5. The van der Waals surface area contributed by atoms with Gasteiger partial charge in [0, 0.05) is 44.1 Å². The number of ether oxygens (including phenoxy) is 1. The number of aromatic nitrogens is 6. The van der Waals surface area contributed by atoms with E-state index in [-0.39, 0.29) is 37.3 Å². The van der Waals surface area contributed by atoms with Crippen molar-refractivity contribution in [1.29, 1.82) is 0 Å². The molecule has 11 rings (SSSR count). The van der Waals surface area contributed by atoms with Gasteiger partial charge < -0.3 is 9.30 Å². The number of para-hydroxylation sites is 2. The fourth-order valence-corrected chi connectivity index (χ4v) is 10.1. The van der Waals surface area contributed by atoms with E-state index in [4.69, 9.17) is 19.8 Å². The van der Waals surface area contributed by atoms with E-state index in [1.807, 2.05) is 39.7 Å². The van der Waals surface area contributed by atoms with Crippen LogP contribution in [-0.4, -0.2) is 24.2 Å². The Morgan fingerprint density at radius 3 is 1.74 bits per heavy atom. The van der Waals surface area contributed by atoms with E-state index in [0.717, 1.165) is 83.5 Å². The van der Waals surface area contributed by atoms with Crippen LogP contribution in [0.2, 0.25) is 0 Å². The minimum absolute atomic E-state index is 0. The molecule has 0 N–H and O–H groups in total. The number of hydrogen-bond donors (Lipinski definition) is 0. The smallest absolute Gasteiger partial charge is 0.273 e. The van der Waals surface area contributed by atoms with Crippen molar-refractivity contribution in [1.82, 2.24) is 24.2 Å². The summed E-state index contributed by atoms with van der Waals surface area (Å²) in [7, 11) is 0. The second-order valence-corrected chi connectivity index (χ2v) is 22.8. The van der Waals surface area contributed by atoms with Gasteiger partial charge in [-0.2, -0.15) is 16.8 Å². The third-order valence-electron chi connectivity index (χ3n) is 14.2. The summed E-state index contributed by atoms with van der Waals surface area (Å²) in [5.74, 6) is 2.95. The van der Waals surface area contributed by atoms with Gasteiger partial charge in [-0.3, -0.25) is 9.55 Å². The SMILES string of the molecule is Cc1cccc(C)c1-c1cc(Oc2[c-]c3c(cc2)c2ccccc2n3-c2cc(C(C)(C)C)ccn2)[c-]c(-n2[c-][n+](-c3c(-c4ccccc4)cccc3-c3ccccc3)nc2-c2cc(C(C)(C)C)cc(C(C)(C)C)c2)n1.[Pt]. The van der Waals surface area contributed by atoms with Crippen molar-refractivity contribution in [3.8, 4) is 73.7 Å². The molecule has 382 valence electrons. The van der Waals surface area contributed by atoms with Crippen LogP contribution in [-0.2, 0) is 37.3 Å². The average molecular weight is 1170 g/mol. The number of benzene rings is 7. The second kappa shape index (κ2) is 20.1. The van der Waals surface area contributed by atoms with Gasteiger partial charge in [-0.15, -0.1) is 28.7 Å². The molecule has 7 aromatic carbocycles. The molecule has 0 amide bonds. The van der Waals surface area contributed by atoms with Gasteiger partial charge >= 0.3 is 0 Å². The molecule has 11 aromatic rings. The van der Waals surface area contributed by atoms with Crippen molar-refractivity contribution in [3.63, 3.8) is 0 Å². The van der Waals surface area contributed by atoms with E-state index in [2.05, 4.69) is 245 Å². The van der Waals surface area contributed by atoms with Crippen LogP contribution in [0, 0.1) is 32.3 Å². The molecule has 0 bridgehead atoms. The zero-order chi connectivity index (χ0) is 52.4. The third-order valence-corrected chi connectivity index (χ3v) is 14.2. The first-order valence-corrected chi connectivity index (χ1v) is 25.9. The van der Waals surface area contributed by atoms with Crippen molar-refractivity contribution >= 4 is 21.8 Å². The Morgan fingerprint density at radius 1 is 0.526 bits per heavy atom. The molecule has 0 aliphatic carbocycles. The van der Waals surface area contributed by atoms with Crippen LogP contribution in [0.3, 0.4) is 0 Å². The molecule has 4 aromatic heterocycles. The molecule has 0 atom stereocenters. The first-order chi connectivity index (χ1) is 35.9. The Labute approximate surface area is 462 Å². The van der Waals surface area contributed by atoms with Crippen LogP contribution in [0.4, 0.5) is 0 Å². The molecule has 0 unspecified atom stereocenters. The number of nitrogens with zero attached hydrogens (tertiary/aromatic N) is 6. The van der Waals surface area contributed by atoms with Gasteiger partial charge in [0.2, 0.25) is 0 Å². The van der Waals surface area contributed by atoms with E-state index < -0.39 is 0 Å². The number of rotatable bonds is 9. The van der Waals surface area contributed by atoms with Crippen molar-refractivity contribution in [2.75, 3.05) is 0 Å². The first-order valence-electron chi connectivity index (χ1n) is 25.9. The summed E-state index contributed by atoms with van der Waals surface area (Å²) in [6.07, 6.45) is 5.68. The van der Waals surface area contributed by atoms with E-state index in [1.165, 1.54) is 16.7 Å². The number of hydrogen-bond acceptors (Lipinski definition) is 4. The normalized spacial score (nSPS) is 12.0. The molecule has 0 saturated carbocycles. The minimum Gasteiger partial charge on any atom is -0.522 e. The predicted octanol–water partition coefficient (Wildman–Crippen LogP) is 16.4. The van der Waals surface area contributed by atoms with Gasteiger partial charge in [0.1, 0.15) is 5.82 Å². The van der Waals surface area contributed by atoms with Gasteiger partial charge in [0.25, 0.3) is 6.33 Å². The molecule has 0 spiro atoms. The Bertz CT molecular complexity index is 3830. The summed E-state index contributed by atoms with van der Waals surface area (Å²) in [4.78, 5) is 10.4. The van der Waals surface area contributed by atoms with Crippen LogP contribution >= 0.6 is 0 Å². The third kappa shape index (κ3) is 9.97.